The molecule has 0 radical (unpaired) electrons. The highest BCUT2D eigenvalue weighted by atomic mass is 32.2. The molecule has 0 fully saturated rings. The lowest BCUT2D eigenvalue weighted by molar-refractivity contribution is 0.340. The summed E-state index contributed by atoms with van der Waals surface area (Å²) in [4.78, 5) is 4.37. The number of nitrogens with zero attached hydrogens (tertiary/aromatic N) is 2. The summed E-state index contributed by atoms with van der Waals surface area (Å²) in [6.45, 7) is 7.85. The molecule has 9 heteroatoms. The first-order valence-corrected chi connectivity index (χ1v) is 12.0. The molecular weight excluding hydrogens is 434 g/mol. The molecule has 0 saturated heterocycles. The first-order chi connectivity index (χ1) is 14.8. The molecule has 2 rings (SSSR count). The van der Waals surface area contributed by atoms with Crippen LogP contribution in [-0.2, 0) is 16.6 Å². The first-order valence-electron chi connectivity index (χ1n) is 9.67. The third-order valence-corrected chi connectivity index (χ3v) is 7.27. The van der Waals surface area contributed by atoms with E-state index < -0.39 is 10.0 Å². The van der Waals surface area contributed by atoms with E-state index >= 15 is 0 Å². The van der Waals surface area contributed by atoms with Gasteiger partial charge in [0.1, 0.15) is 11.5 Å². The molecule has 2 aromatic carbocycles. The van der Waals surface area contributed by atoms with Gasteiger partial charge in [0.15, 0.2) is 5.17 Å². The molecule has 0 aliphatic rings. The minimum absolute atomic E-state index is 0.108. The van der Waals surface area contributed by atoms with Gasteiger partial charge in [-0.25, -0.2) is 12.7 Å². The fraction of sp³-hybridized carbons (Fsp3) is 0.318. The maximum Gasteiger partial charge on any atom is 0.266 e. The summed E-state index contributed by atoms with van der Waals surface area (Å²) in [5.74, 6) is 1.17. The van der Waals surface area contributed by atoms with E-state index in [1.54, 1.807) is 57.8 Å². The van der Waals surface area contributed by atoms with Gasteiger partial charge in [-0.2, -0.15) is 0 Å². The van der Waals surface area contributed by atoms with E-state index in [1.807, 2.05) is 19.1 Å². The number of methoxy groups -OCH3 is 1. The summed E-state index contributed by atoms with van der Waals surface area (Å²) in [6, 6.07) is 10.6. The van der Waals surface area contributed by atoms with Crippen molar-refractivity contribution in [3.63, 3.8) is 0 Å². The number of rotatable bonds is 9. The van der Waals surface area contributed by atoms with Crippen LogP contribution < -0.4 is 14.8 Å². The second-order valence-electron chi connectivity index (χ2n) is 6.45. The number of aryl methyl sites for hydroxylation is 1. The maximum absolute atomic E-state index is 13.8. The Morgan fingerprint density at radius 1 is 1.29 bits per heavy atom. The van der Waals surface area contributed by atoms with Crippen LogP contribution in [0.4, 0.5) is 5.69 Å². The molecule has 168 valence electrons. The third kappa shape index (κ3) is 5.74. The topological polar surface area (TPSA) is 80.2 Å². The Balaban J connectivity index is 2.60. The summed E-state index contributed by atoms with van der Waals surface area (Å²) in [6.07, 6.45) is 0. The third-order valence-electron chi connectivity index (χ3n) is 4.49. The quantitative estimate of drug-likeness (QED) is 0.436. The van der Waals surface area contributed by atoms with Crippen molar-refractivity contribution < 1.29 is 17.9 Å². The second kappa shape index (κ2) is 11.1. The fourth-order valence-corrected chi connectivity index (χ4v) is 5.41. The lowest BCUT2D eigenvalue weighted by atomic mass is 10.2. The molecule has 0 atom stereocenters. The van der Waals surface area contributed by atoms with E-state index in [0.29, 0.717) is 28.8 Å². The molecule has 0 bridgehead atoms. The van der Waals surface area contributed by atoms with Gasteiger partial charge in [0, 0.05) is 20.2 Å². The van der Waals surface area contributed by atoms with E-state index in [-0.39, 0.29) is 11.4 Å². The van der Waals surface area contributed by atoms with Gasteiger partial charge in [-0.05, 0) is 48.6 Å². The van der Waals surface area contributed by atoms with Crippen LogP contribution in [0.3, 0.4) is 0 Å². The van der Waals surface area contributed by atoms with Gasteiger partial charge < -0.3 is 14.8 Å². The van der Waals surface area contributed by atoms with Gasteiger partial charge >= 0.3 is 0 Å². The summed E-state index contributed by atoms with van der Waals surface area (Å²) in [5, 5.41) is 4.92. The standard InChI is InChI=1S/C22H29N3O4S2/c1-7-29-20-14-21(16(3)13-19(20)23-4)31(26,27)25(22(24-5)30-8-2)15-17-9-11-18(28-6)12-10-17/h8-14,23H,2,7,15H2,1,3-6H3. The van der Waals surface area contributed by atoms with Crippen LogP contribution in [0.5, 0.6) is 11.5 Å². The summed E-state index contributed by atoms with van der Waals surface area (Å²) < 4.78 is 39.8. The van der Waals surface area contributed by atoms with Gasteiger partial charge in [-0.1, -0.05) is 30.5 Å². The zero-order chi connectivity index (χ0) is 23.0. The predicted octanol–water partition coefficient (Wildman–Crippen LogP) is 4.50. The number of sulfonamides is 1. The molecule has 0 amide bonds. The Morgan fingerprint density at radius 2 is 1.97 bits per heavy atom. The fourth-order valence-electron chi connectivity index (χ4n) is 2.99. The van der Waals surface area contributed by atoms with E-state index in [4.69, 9.17) is 9.47 Å². The number of anilines is 1. The average molecular weight is 464 g/mol. The van der Waals surface area contributed by atoms with Crippen molar-refractivity contribution in [2.45, 2.75) is 25.3 Å². The SMILES string of the molecule is C=CSC(=NC)N(Cc1ccc(OC)cc1)S(=O)(=O)c1cc(OCC)c(NC)cc1C. The predicted molar refractivity (Wildman–Crippen MR) is 129 cm³/mol. The molecule has 0 heterocycles. The highest BCUT2D eigenvalue weighted by Gasteiger charge is 2.30. The molecular formula is C22H29N3O4S2. The zero-order valence-electron chi connectivity index (χ0n) is 18.5. The Hall–Kier alpha value is -2.65. The normalized spacial score (nSPS) is 11.7. The highest BCUT2D eigenvalue weighted by Crippen LogP contribution is 2.33. The molecule has 0 aliphatic heterocycles. The van der Waals surface area contributed by atoms with Crippen LogP contribution in [0, 0.1) is 6.92 Å². The van der Waals surface area contributed by atoms with E-state index in [0.717, 1.165) is 23.0 Å². The van der Waals surface area contributed by atoms with Gasteiger partial charge in [0.25, 0.3) is 10.0 Å². The van der Waals surface area contributed by atoms with Crippen LogP contribution in [0.25, 0.3) is 0 Å². The largest absolute Gasteiger partial charge is 0.497 e. The van der Waals surface area contributed by atoms with E-state index in [2.05, 4.69) is 16.9 Å². The summed E-state index contributed by atoms with van der Waals surface area (Å²) >= 11 is 1.15. The number of benzene rings is 2. The molecule has 0 spiro atoms. The Morgan fingerprint density at radius 3 is 2.48 bits per heavy atom. The van der Waals surface area contributed by atoms with Crippen molar-refractivity contribution in [3.05, 3.63) is 59.5 Å². The van der Waals surface area contributed by atoms with Crippen LogP contribution in [0.1, 0.15) is 18.1 Å². The molecule has 31 heavy (non-hydrogen) atoms. The van der Waals surface area contributed by atoms with Crippen molar-refractivity contribution in [1.29, 1.82) is 0 Å². The van der Waals surface area contributed by atoms with Crippen LogP contribution in [0.15, 0.2) is 58.3 Å². The molecule has 2 aromatic rings. The second-order valence-corrected chi connectivity index (χ2v) is 9.21. The van der Waals surface area contributed by atoms with Crippen molar-refractivity contribution in [2.75, 3.05) is 33.1 Å². The van der Waals surface area contributed by atoms with Crippen molar-refractivity contribution >= 4 is 32.6 Å². The van der Waals surface area contributed by atoms with Crippen LogP contribution >= 0.6 is 11.8 Å². The van der Waals surface area contributed by atoms with Crippen LogP contribution in [0.2, 0.25) is 0 Å². The monoisotopic (exact) mass is 463 g/mol. The smallest absolute Gasteiger partial charge is 0.266 e. The van der Waals surface area contributed by atoms with Crippen molar-refractivity contribution in [1.82, 2.24) is 4.31 Å². The number of aliphatic imine (C=N–C) groups is 1. The van der Waals surface area contributed by atoms with E-state index in [9.17, 15) is 8.42 Å². The Labute approximate surface area is 189 Å². The minimum atomic E-state index is -3.95. The zero-order valence-corrected chi connectivity index (χ0v) is 20.1. The number of hydrogen-bond acceptors (Lipinski definition) is 7. The average Bonchev–Trinajstić information content (AvgIpc) is 2.77. The maximum atomic E-state index is 13.8. The van der Waals surface area contributed by atoms with Crippen molar-refractivity contribution in [2.24, 2.45) is 4.99 Å². The highest BCUT2D eigenvalue weighted by molar-refractivity contribution is 8.17. The lowest BCUT2D eigenvalue weighted by Gasteiger charge is -2.26. The Kier molecular flexibility index (Phi) is 8.82. The van der Waals surface area contributed by atoms with E-state index in [1.165, 1.54) is 4.31 Å². The number of thioether (sulfide) groups is 1. The van der Waals surface area contributed by atoms with Gasteiger partial charge in [-0.3, -0.25) is 4.99 Å². The molecule has 0 aliphatic carbocycles. The van der Waals surface area contributed by atoms with Gasteiger partial charge in [0.05, 0.1) is 30.8 Å². The molecule has 0 saturated carbocycles. The number of nitrogens with one attached hydrogen (secondary N) is 1. The molecule has 0 aromatic heterocycles. The van der Waals surface area contributed by atoms with Crippen molar-refractivity contribution in [3.8, 4) is 11.5 Å². The number of amidine groups is 1. The minimum Gasteiger partial charge on any atom is -0.497 e. The summed E-state index contributed by atoms with van der Waals surface area (Å²) in [7, 11) is 0.964. The van der Waals surface area contributed by atoms with Gasteiger partial charge in [-0.15, -0.1) is 0 Å². The lowest BCUT2D eigenvalue weighted by Crippen LogP contribution is -2.35. The molecule has 0 unspecified atom stereocenters. The van der Waals surface area contributed by atoms with Gasteiger partial charge in [0.2, 0.25) is 0 Å². The number of hydrogen-bond donors (Lipinski definition) is 1. The Bertz CT molecular complexity index is 1040. The number of ether oxygens (including phenoxy) is 2. The molecule has 7 nitrogen and oxygen atoms in total. The first kappa shape index (κ1) is 24.6. The molecule has 1 N–H and O–H groups in total. The summed E-state index contributed by atoms with van der Waals surface area (Å²) in [5.41, 5.74) is 2.13. The van der Waals surface area contributed by atoms with Crippen LogP contribution in [-0.4, -0.2) is 45.7 Å².